The predicted octanol–water partition coefficient (Wildman–Crippen LogP) is 3.81. The standard InChI is InChI=1S/C25H20N4O4S/c30-23(19-10-3-4-11-26-19)22-21(15-6-5-7-16(12-15)29(32)33)20-13-34-14-28(20)25(22)17-8-1-2-9-18(17)27-24(25)31/h1-12,20-22H,13-14H2,(H,27,31)/t20-,21+,22-,25+/m0/s1. The highest BCUT2D eigenvalue weighted by Gasteiger charge is 2.69. The Kier molecular flexibility index (Phi) is 4.79. The fourth-order valence-electron chi connectivity index (χ4n) is 5.92. The van der Waals surface area contributed by atoms with Crippen molar-refractivity contribution >= 4 is 34.8 Å². The first-order valence-corrected chi connectivity index (χ1v) is 12.1. The van der Waals surface area contributed by atoms with Gasteiger partial charge in [-0.25, -0.2) is 0 Å². The number of fused-ring (bicyclic) bond motifs is 4. The Balaban J connectivity index is 1.62. The molecule has 2 saturated heterocycles. The lowest BCUT2D eigenvalue weighted by molar-refractivity contribution is -0.384. The van der Waals surface area contributed by atoms with Gasteiger partial charge in [0.15, 0.2) is 5.78 Å². The van der Waals surface area contributed by atoms with Crippen LogP contribution in [0.1, 0.15) is 27.5 Å². The Hall–Kier alpha value is -3.56. The first kappa shape index (κ1) is 21.0. The molecule has 3 aliphatic heterocycles. The number of nitrogens with one attached hydrogen (secondary N) is 1. The first-order valence-electron chi connectivity index (χ1n) is 11.0. The molecule has 9 heteroatoms. The maximum absolute atomic E-state index is 14.2. The summed E-state index contributed by atoms with van der Waals surface area (Å²) in [6.07, 6.45) is 1.57. The molecule has 3 aliphatic rings. The highest BCUT2D eigenvalue weighted by molar-refractivity contribution is 7.99. The van der Waals surface area contributed by atoms with Crippen LogP contribution in [0.3, 0.4) is 0 Å². The maximum Gasteiger partial charge on any atom is 0.269 e. The molecule has 6 rings (SSSR count). The number of nitrogens with zero attached hydrogens (tertiary/aromatic N) is 3. The van der Waals surface area contributed by atoms with Gasteiger partial charge in [0.05, 0.1) is 10.8 Å². The summed E-state index contributed by atoms with van der Waals surface area (Å²) in [5, 5.41) is 14.6. The van der Waals surface area contributed by atoms with E-state index in [9.17, 15) is 19.7 Å². The lowest BCUT2D eigenvalue weighted by Crippen LogP contribution is -2.52. The molecule has 0 radical (unpaired) electrons. The van der Waals surface area contributed by atoms with E-state index >= 15 is 0 Å². The Labute approximate surface area is 199 Å². The van der Waals surface area contributed by atoms with E-state index in [0.29, 0.717) is 17.1 Å². The average Bonchev–Trinajstić information content (AvgIpc) is 3.52. The number of benzene rings is 2. The first-order chi connectivity index (χ1) is 16.5. The Morgan fingerprint density at radius 2 is 1.97 bits per heavy atom. The highest BCUT2D eigenvalue weighted by atomic mass is 32.2. The van der Waals surface area contributed by atoms with Gasteiger partial charge in [-0.1, -0.05) is 36.4 Å². The van der Waals surface area contributed by atoms with Crippen molar-refractivity contribution in [1.82, 2.24) is 9.88 Å². The number of ketones is 1. The summed E-state index contributed by atoms with van der Waals surface area (Å²) >= 11 is 1.71. The van der Waals surface area contributed by atoms with Crippen molar-refractivity contribution in [1.29, 1.82) is 0 Å². The third-order valence-electron chi connectivity index (χ3n) is 7.19. The molecule has 1 aromatic heterocycles. The quantitative estimate of drug-likeness (QED) is 0.350. The number of nitro groups is 1. The van der Waals surface area contributed by atoms with Crippen LogP contribution in [-0.4, -0.2) is 44.2 Å². The van der Waals surface area contributed by atoms with Crippen molar-refractivity contribution in [2.45, 2.75) is 17.5 Å². The summed E-state index contributed by atoms with van der Waals surface area (Å²) in [6.45, 7) is 0. The molecule has 4 atom stereocenters. The Morgan fingerprint density at radius 3 is 2.76 bits per heavy atom. The number of carbonyl (C=O) groups excluding carboxylic acids is 2. The van der Waals surface area contributed by atoms with E-state index in [2.05, 4.69) is 15.2 Å². The van der Waals surface area contributed by atoms with Gasteiger partial charge in [0, 0.05) is 53.2 Å². The number of aromatic nitrogens is 1. The highest BCUT2D eigenvalue weighted by Crippen LogP contribution is 2.61. The van der Waals surface area contributed by atoms with Crippen LogP contribution in [0.25, 0.3) is 0 Å². The number of anilines is 1. The molecular weight excluding hydrogens is 452 g/mol. The molecule has 0 aliphatic carbocycles. The van der Waals surface area contributed by atoms with E-state index in [-0.39, 0.29) is 29.1 Å². The van der Waals surface area contributed by atoms with Crippen molar-refractivity contribution in [3.8, 4) is 0 Å². The number of rotatable bonds is 4. The number of non-ortho nitro benzene ring substituents is 1. The average molecular weight is 473 g/mol. The molecule has 2 aromatic carbocycles. The largest absolute Gasteiger partial charge is 0.324 e. The maximum atomic E-state index is 14.2. The zero-order chi connectivity index (χ0) is 23.4. The van der Waals surface area contributed by atoms with Crippen LogP contribution < -0.4 is 5.32 Å². The number of hydrogen-bond acceptors (Lipinski definition) is 7. The number of para-hydroxylation sites is 1. The zero-order valence-electron chi connectivity index (χ0n) is 18.0. The van der Waals surface area contributed by atoms with Gasteiger partial charge in [0.2, 0.25) is 5.91 Å². The number of nitro benzene ring substituents is 1. The summed E-state index contributed by atoms with van der Waals surface area (Å²) in [4.78, 5) is 45.6. The van der Waals surface area contributed by atoms with E-state index in [1.807, 2.05) is 30.3 Å². The lowest BCUT2D eigenvalue weighted by atomic mass is 9.70. The molecule has 8 nitrogen and oxygen atoms in total. The predicted molar refractivity (Wildman–Crippen MR) is 128 cm³/mol. The minimum Gasteiger partial charge on any atom is -0.324 e. The fraction of sp³-hybridized carbons (Fsp3) is 0.240. The van der Waals surface area contributed by atoms with Crippen LogP contribution in [0.5, 0.6) is 0 Å². The third-order valence-corrected chi connectivity index (χ3v) is 8.23. The molecule has 34 heavy (non-hydrogen) atoms. The minimum atomic E-state index is -1.21. The summed E-state index contributed by atoms with van der Waals surface area (Å²) in [5.41, 5.74) is 1.20. The normalized spacial score (nSPS) is 27.4. The van der Waals surface area contributed by atoms with Crippen LogP contribution in [-0.2, 0) is 10.3 Å². The van der Waals surface area contributed by atoms with Gasteiger partial charge in [-0.3, -0.25) is 29.6 Å². The van der Waals surface area contributed by atoms with Gasteiger partial charge < -0.3 is 5.32 Å². The van der Waals surface area contributed by atoms with E-state index in [1.54, 1.807) is 48.3 Å². The summed E-state index contributed by atoms with van der Waals surface area (Å²) < 4.78 is 0. The lowest BCUT2D eigenvalue weighted by Gasteiger charge is -2.36. The fourth-order valence-corrected chi connectivity index (χ4v) is 7.24. The molecule has 0 unspecified atom stereocenters. The Morgan fingerprint density at radius 1 is 1.15 bits per heavy atom. The van der Waals surface area contributed by atoms with Gasteiger partial charge in [-0.15, -0.1) is 11.8 Å². The monoisotopic (exact) mass is 472 g/mol. The van der Waals surface area contributed by atoms with E-state index in [0.717, 1.165) is 11.3 Å². The molecule has 2 fully saturated rings. The number of pyridine rings is 1. The summed E-state index contributed by atoms with van der Waals surface area (Å²) in [6, 6.07) is 19.0. The van der Waals surface area contributed by atoms with E-state index < -0.39 is 22.3 Å². The molecule has 1 N–H and O–H groups in total. The topological polar surface area (TPSA) is 105 Å². The smallest absolute Gasteiger partial charge is 0.269 e. The van der Waals surface area contributed by atoms with Crippen molar-refractivity contribution in [3.63, 3.8) is 0 Å². The number of hydrogen-bond donors (Lipinski definition) is 1. The molecule has 0 bridgehead atoms. The van der Waals surface area contributed by atoms with Crippen LogP contribution in [0.15, 0.2) is 72.9 Å². The summed E-state index contributed by atoms with van der Waals surface area (Å²) in [7, 11) is 0. The second-order valence-electron chi connectivity index (χ2n) is 8.74. The summed E-state index contributed by atoms with van der Waals surface area (Å²) in [5.74, 6) is -0.368. The molecule has 1 spiro atoms. The van der Waals surface area contributed by atoms with Gasteiger partial charge in [0.1, 0.15) is 11.2 Å². The van der Waals surface area contributed by atoms with Gasteiger partial charge >= 0.3 is 0 Å². The molecule has 1 amide bonds. The number of thioether (sulfide) groups is 1. The van der Waals surface area contributed by atoms with Crippen LogP contribution in [0.2, 0.25) is 0 Å². The van der Waals surface area contributed by atoms with Crippen LogP contribution in [0, 0.1) is 16.0 Å². The van der Waals surface area contributed by atoms with Crippen LogP contribution >= 0.6 is 11.8 Å². The second kappa shape index (κ2) is 7.75. The van der Waals surface area contributed by atoms with Gasteiger partial charge in [0.25, 0.3) is 5.69 Å². The van der Waals surface area contributed by atoms with Crippen LogP contribution in [0.4, 0.5) is 11.4 Å². The van der Waals surface area contributed by atoms with Gasteiger partial charge in [-0.2, -0.15) is 0 Å². The Bertz CT molecular complexity index is 1330. The number of amides is 1. The minimum absolute atomic E-state index is 0.0315. The van der Waals surface area contributed by atoms with Crippen molar-refractivity contribution in [3.05, 3.63) is 99.9 Å². The molecule has 4 heterocycles. The number of carbonyl (C=O) groups is 2. The van der Waals surface area contributed by atoms with Crippen molar-refractivity contribution in [2.75, 3.05) is 16.9 Å². The van der Waals surface area contributed by atoms with Gasteiger partial charge in [-0.05, 0) is 23.8 Å². The molecule has 170 valence electrons. The second-order valence-corrected chi connectivity index (χ2v) is 9.74. The van der Waals surface area contributed by atoms with Crippen molar-refractivity contribution < 1.29 is 14.5 Å². The zero-order valence-corrected chi connectivity index (χ0v) is 18.8. The molecule has 3 aromatic rings. The molecular formula is C25H20N4O4S. The number of Topliss-reactive ketones (excluding diaryl/α,β-unsaturated/α-hetero) is 1. The van der Waals surface area contributed by atoms with E-state index in [4.69, 9.17) is 0 Å². The SMILES string of the molecule is O=C(c1ccccn1)[C@@H]1[C@H](c2cccc([N+](=O)[O-])c2)[C@@H]2CSCN2[C@@]12C(=O)Nc1ccccc12. The molecule has 0 saturated carbocycles. The van der Waals surface area contributed by atoms with Crippen molar-refractivity contribution in [2.24, 2.45) is 5.92 Å². The third kappa shape index (κ3) is 2.80. The van der Waals surface area contributed by atoms with E-state index in [1.165, 1.54) is 6.07 Å².